The number of morpholine rings is 1. The van der Waals surface area contributed by atoms with Crippen LogP contribution in [0.4, 0.5) is 0 Å². The van der Waals surface area contributed by atoms with Crippen LogP contribution in [0.1, 0.15) is 32.6 Å². The number of ether oxygens (including phenoxy) is 1. The van der Waals surface area contributed by atoms with E-state index in [0.29, 0.717) is 6.54 Å². The van der Waals surface area contributed by atoms with E-state index in [1.165, 1.54) is 0 Å². The van der Waals surface area contributed by atoms with Crippen LogP contribution in [-0.2, 0) is 9.53 Å². The zero-order valence-electron chi connectivity index (χ0n) is 10.1. The fourth-order valence-corrected chi connectivity index (χ4v) is 2.36. The summed E-state index contributed by atoms with van der Waals surface area (Å²) >= 11 is 0. The molecule has 1 unspecified atom stereocenters. The lowest BCUT2D eigenvalue weighted by molar-refractivity contribution is -0.127. The third-order valence-corrected chi connectivity index (χ3v) is 3.56. The van der Waals surface area contributed by atoms with Gasteiger partial charge in [0.1, 0.15) is 0 Å². The molecule has 2 aliphatic rings. The number of nitrogens with one attached hydrogen (secondary N) is 2. The summed E-state index contributed by atoms with van der Waals surface area (Å²) in [7, 11) is 0. The highest BCUT2D eigenvalue weighted by Crippen LogP contribution is 2.49. The van der Waals surface area contributed by atoms with Crippen LogP contribution >= 0.6 is 0 Å². The second kappa shape index (κ2) is 5.15. The van der Waals surface area contributed by atoms with E-state index in [4.69, 9.17) is 4.74 Å². The summed E-state index contributed by atoms with van der Waals surface area (Å²) in [5, 5.41) is 6.30. The Kier molecular flexibility index (Phi) is 3.82. The van der Waals surface area contributed by atoms with Crippen molar-refractivity contribution in [1.29, 1.82) is 0 Å². The Morgan fingerprint density at radius 2 is 2.38 bits per heavy atom. The van der Waals surface area contributed by atoms with E-state index in [0.717, 1.165) is 45.4 Å². The third-order valence-electron chi connectivity index (χ3n) is 3.56. The van der Waals surface area contributed by atoms with Gasteiger partial charge in [-0.25, -0.2) is 0 Å². The van der Waals surface area contributed by atoms with E-state index in [2.05, 4.69) is 17.6 Å². The number of amides is 1. The van der Waals surface area contributed by atoms with E-state index in [-0.39, 0.29) is 17.4 Å². The molecule has 1 aliphatic heterocycles. The molecule has 0 aromatic rings. The van der Waals surface area contributed by atoms with Crippen LogP contribution in [0.5, 0.6) is 0 Å². The topological polar surface area (TPSA) is 50.4 Å². The van der Waals surface area contributed by atoms with Crippen LogP contribution in [0, 0.1) is 5.41 Å². The summed E-state index contributed by atoms with van der Waals surface area (Å²) in [5.41, 5.74) is -0.0170. The van der Waals surface area contributed by atoms with E-state index < -0.39 is 0 Å². The Morgan fingerprint density at radius 1 is 1.56 bits per heavy atom. The van der Waals surface area contributed by atoms with Gasteiger partial charge in [0.2, 0.25) is 5.91 Å². The lowest BCUT2D eigenvalue weighted by atomic mass is 10.00. The third kappa shape index (κ3) is 2.74. The van der Waals surface area contributed by atoms with Gasteiger partial charge in [0, 0.05) is 25.0 Å². The van der Waals surface area contributed by atoms with E-state index >= 15 is 0 Å². The highest BCUT2D eigenvalue weighted by Gasteiger charge is 2.48. The zero-order valence-corrected chi connectivity index (χ0v) is 10.1. The van der Waals surface area contributed by atoms with E-state index in [1.54, 1.807) is 0 Å². The van der Waals surface area contributed by atoms with Gasteiger partial charge in [0.15, 0.2) is 0 Å². The molecule has 1 saturated carbocycles. The molecule has 1 heterocycles. The molecule has 0 aromatic carbocycles. The van der Waals surface area contributed by atoms with Crippen molar-refractivity contribution in [2.45, 2.75) is 38.7 Å². The van der Waals surface area contributed by atoms with Crippen LogP contribution < -0.4 is 10.6 Å². The maximum atomic E-state index is 12.0. The largest absolute Gasteiger partial charge is 0.374 e. The Hall–Kier alpha value is -0.610. The molecule has 0 bridgehead atoms. The first kappa shape index (κ1) is 11.9. The molecule has 4 nitrogen and oxygen atoms in total. The van der Waals surface area contributed by atoms with Crippen molar-refractivity contribution < 1.29 is 9.53 Å². The first-order valence-corrected chi connectivity index (χ1v) is 6.37. The van der Waals surface area contributed by atoms with Crippen molar-refractivity contribution in [3.8, 4) is 0 Å². The van der Waals surface area contributed by atoms with Crippen molar-refractivity contribution >= 4 is 5.91 Å². The quantitative estimate of drug-likeness (QED) is 0.724. The Bertz CT molecular complexity index is 245. The number of hydrogen-bond donors (Lipinski definition) is 2. The molecule has 1 aliphatic carbocycles. The minimum atomic E-state index is -0.0170. The molecule has 2 fully saturated rings. The van der Waals surface area contributed by atoms with Crippen molar-refractivity contribution in [2.24, 2.45) is 5.41 Å². The predicted molar refractivity (Wildman–Crippen MR) is 62.2 cm³/mol. The minimum Gasteiger partial charge on any atom is -0.374 e. The molecule has 0 spiro atoms. The summed E-state index contributed by atoms with van der Waals surface area (Å²) in [6.45, 7) is 5.31. The average molecular weight is 226 g/mol. The number of carbonyl (C=O) groups is 1. The van der Waals surface area contributed by atoms with Crippen molar-refractivity contribution in [1.82, 2.24) is 10.6 Å². The first-order valence-electron chi connectivity index (χ1n) is 6.37. The fourth-order valence-electron chi connectivity index (χ4n) is 2.36. The molecule has 1 atom stereocenters. The fraction of sp³-hybridized carbons (Fsp3) is 0.917. The molecule has 92 valence electrons. The van der Waals surface area contributed by atoms with Crippen LogP contribution in [0.15, 0.2) is 0 Å². The molecule has 1 amide bonds. The Labute approximate surface area is 97.1 Å². The van der Waals surface area contributed by atoms with Gasteiger partial charge in [0.25, 0.3) is 0 Å². The molecule has 2 rings (SSSR count). The lowest BCUT2D eigenvalue weighted by Crippen LogP contribution is -2.46. The lowest BCUT2D eigenvalue weighted by Gasteiger charge is -2.24. The smallest absolute Gasteiger partial charge is 0.226 e. The van der Waals surface area contributed by atoms with Gasteiger partial charge in [-0.15, -0.1) is 0 Å². The molecule has 0 aromatic heterocycles. The summed E-state index contributed by atoms with van der Waals surface area (Å²) in [6, 6.07) is 0. The molecular formula is C12H22N2O2. The van der Waals surface area contributed by atoms with Gasteiger partial charge in [0.05, 0.1) is 12.7 Å². The van der Waals surface area contributed by atoms with E-state index in [9.17, 15) is 4.79 Å². The second-order valence-corrected chi connectivity index (χ2v) is 4.94. The minimum absolute atomic E-state index is 0.0170. The first-order chi connectivity index (χ1) is 7.77. The molecule has 1 saturated heterocycles. The average Bonchev–Trinajstić information content (AvgIpc) is 3.09. The van der Waals surface area contributed by atoms with Crippen LogP contribution in [0.25, 0.3) is 0 Å². The van der Waals surface area contributed by atoms with E-state index in [1.807, 2.05) is 0 Å². The highest BCUT2D eigenvalue weighted by molar-refractivity contribution is 5.85. The van der Waals surface area contributed by atoms with Crippen molar-refractivity contribution in [2.75, 3.05) is 26.2 Å². The zero-order chi connectivity index (χ0) is 11.4. The molecule has 0 radical (unpaired) electrons. The predicted octanol–water partition coefficient (Wildman–Crippen LogP) is 0.671. The summed E-state index contributed by atoms with van der Waals surface area (Å²) in [5.74, 6) is 0.239. The maximum Gasteiger partial charge on any atom is 0.226 e. The van der Waals surface area contributed by atoms with Crippen LogP contribution in [0.2, 0.25) is 0 Å². The van der Waals surface area contributed by atoms with Gasteiger partial charge in [-0.3, -0.25) is 4.79 Å². The summed E-state index contributed by atoms with van der Waals surface area (Å²) in [6.07, 6.45) is 4.40. The van der Waals surface area contributed by atoms with Gasteiger partial charge in [-0.05, 0) is 19.3 Å². The number of carbonyl (C=O) groups excluding carboxylic acids is 1. The molecule has 16 heavy (non-hydrogen) atoms. The molecular weight excluding hydrogens is 204 g/mol. The van der Waals surface area contributed by atoms with Crippen molar-refractivity contribution in [3.63, 3.8) is 0 Å². The van der Waals surface area contributed by atoms with Gasteiger partial charge in [-0.2, -0.15) is 0 Å². The van der Waals surface area contributed by atoms with Crippen LogP contribution in [0.3, 0.4) is 0 Å². The Balaban J connectivity index is 1.71. The monoisotopic (exact) mass is 226 g/mol. The standard InChI is InChI=1S/C12H22N2O2/c1-2-3-12(4-5-12)11(15)14-9-10-8-13-6-7-16-10/h10,13H,2-9H2,1H3,(H,14,15). The molecule has 4 heteroatoms. The normalized spacial score (nSPS) is 27.4. The summed E-state index contributed by atoms with van der Waals surface area (Å²) < 4.78 is 5.54. The maximum absolute atomic E-state index is 12.0. The van der Waals surface area contributed by atoms with Gasteiger partial charge >= 0.3 is 0 Å². The number of hydrogen-bond acceptors (Lipinski definition) is 3. The Morgan fingerprint density at radius 3 is 2.94 bits per heavy atom. The van der Waals surface area contributed by atoms with Crippen molar-refractivity contribution in [3.05, 3.63) is 0 Å². The second-order valence-electron chi connectivity index (χ2n) is 4.94. The number of rotatable bonds is 5. The SMILES string of the molecule is CCCC1(C(=O)NCC2CNCCO2)CC1. The molecule has 2 N–H and O–H groups in total. The van der Waals surface area contributed by atoms with Gasteiger partial charge in [-0.1, -0.05) is 13.3 Å². The highest BCUT2D eigenvalue weighted by atomic mass is 16.5. The summed E-state index contributed by atoms with van der Waals surface area (Å²) in [4.78, 5) is 12.0. The van der Waals surface area contributed by atoms with Gasteiger partial charge < -0.3 is 15.4 Å². The van der Waals surface area contributed by atoms with Crippen LogP contribution in [-0.4, -0.2) is 38.3 Å².